The molecule has 5 heteroatoms. The number of imidazole rings is 2. The van der Waals surface area contributed by atoms with E-state index in [0.29, 0.717) is 0 Å². The van der Waals surface area contributed by atoms with E-state index in [0.717, 1.165) is 28.2 Å². The largest absolute Gasteiger partial charge is 0.371 e. The smallest absolute Gasteiger partial charge is 0.0957 e. The molecule has 0 spiro atoms. The van der Waals surface area contributed by atoms with E-state index >= 15 is 0 Å². The summed E-state index contributed by atoms with van der Waals surface area (Å²) in [5, 5.41) is 0. The van der Waals surface area contributed by atoms with Crippen molar-refractivity contribution in [2.75, 3.05) is 0 Å². The second kappa shape index (κ2) is 6.82. The first-order valence-corrected chi connectivity index (χ1v) is 8.43. The van der Waals surface area contributed by atoms with Crippen LogP contribution in [0.3, 0.4) is 0 Å². The van der Waals surface area contributed by atoms with E-state index in [2.05, 4.69) is 58.1 Å². The molecule has 0 saturated carbocycles. The van der Waals surface area contributed by atoms with E-state index in [9.17, 15) is 0 Å². The van der Waals surface area contributed by atoms with Gasteiger partial charge in [0.1, 0.15) is 0 Å². The number of hydrogen-bond acceptors (Lipinski definition) is 2. The molecular weight excluding hydrogens is 500 g/mol. The summed E-state index contributed by atoms with van der Waals surface area (Å²) >= 11 is 0. The van der Waals surface area contributed by atoms with Gasteiger partial charge in [-0.3, -0.25) is 9.97 Å². The normalized spacial score (nSPS) is 11.0. The predicted molar refractivity (Wildman–Crippen MR) is 101 cm³/mol. The number of benzene rings is 2. The van der Waals surface area contributed by atoms with Gasteiger partial charge in [0, 0.05) is 50.8 Å². The van der Waals surface area contributed by atoms with Crippen molar-refractivity contribution < 1.29 is 20.1 Å². The number of aryl methyl sites for hydroxylation is 5. The molecule has 4 aromatic rings. The molecule has 0 aliphatic carbocycles. The minimum Gasteiger partial charge on any atom is -0.371 e. The van der Waals surface area contributed by atoms with Gasteiger partial charge >= 0.3 is 0 Å². The summed E-state index contributed by atoms with van der Waals surface area (Å²) < 4.78 is 4.27. The molecule has 0 saturated heterocycles. The van der Waals surface area contributed by atoms with Crippen LogP contribution in [0.25, 0.3) is 28.1 Å². The summed E-state index contributed by atoms with van der Waals surface area (Å²) in [5.41, 5.74) is 7.95. The van der Waals surface area contributed by atoms with Crippen LogP contribution >= 0.6 is 0 Å². The second-order valence-corrected chi connectivity index (χ2v) is 6.67. The molecule has 2 aromatic heterocycles. The van der Waals surface area contributed by atoms with Crippen molar-refractivity contribution >= 4 is 11.0 Å². The van der Waals surface area contributed by atoms with Gasteiger partial charge in [0.15, 0.2) is 0 Å². The van der Waals surface area contributed by atoms with Crippen LogP contribution in [0.1, 0.15) is 22.5 Å². The van der Waals surface area contributed by atoms with Crippen LogP contribution < -0.4 is 0 Å². The number of rotatable bonds is 2. The van der Waals surface area contributed by atoms with Gasteiger partial charge in [-0.15, -0.1) is 18.2 Å². The van der Waals surface area contributed by atoms with Gasteiger partial charge < -0.3 is 9.13 Å². The Morgan fingerprint density at radius 3 is 2.42 bits per heavy atom. The van der Waals surface area contributed by atoms with E-state index in [1.807, 2.05) is 38.5 Å². The third kappa shape index (κ3) is 2.81. The molecule has 26 heavy (non-hydrogen) atoms. The Balaban J connectivity index is 0.00000196. The minimum atomic E-state index is 0. The van der Waals surface area contributed by atoms with Crippen molar-refractivity contribution in [2.45, 2.75) is 27.7 Å². The van der Waals surface area contributed by atoms with Gasteiger partial charge in [-0.05, 0) is 44.3 Å². The zero-order valence-electron chi connectivity index (χ0n) is 15.6. The van der Waals surface area contributed by atoms with E-state index < -0.39 is 0 Å². The number of hydrogen-bond donors (Lipinski definition) is 0. The van der Waals surface area contributed by atoms with Gasteiger partial charge in [-0.2, -0.15) is 0 Å². The molecule has 0 aliphatic rings. The van der Waals surface area contributed by atoms with E-state index in [1.165, 1.54) is 22.4 Å². The van der Waals surface area contributed by atoms with Gasteiger partial charge in [-0.1, -0.05) is 23.3 Å². The summed E-state index contributed by atoms with van der Waals surface area (Å²) in [6.45, 7) is 8.45. The molecule has 0 aliphatic heterocycles. The van der Waals surface area contributed by atoms with E-state index in [4.69, 9.17) is 0 Å². The van der Waals surface area contributed by atoms with Crippen LogP contribution in [0, 0.1) is 33.8 Å². The number of fused-ring (bicyclic) bond motifs is 1. The molecule has 0 N–H and O–H groups in total. The maximum Gasteiger partial charge on any atom is 0.0957 e. The average molecular weight is 522 g/mol. The van der Waals surface area contributed by atoms with Crippen LogP contribution in [-0.4, -0.2) is 19.1 Å². The molecule has 4 rings (SSSR count). The fourth-order valence-corrected chi connectivity index (χ4v) is 3.71. The molecule has 1 radical (unpaired) electrons. The van der Waals surface area contributed by atoms with E-state index in [-0.39, 0.29) is 20.1 Å². The molecule has 4 nitrogen and oxygen atoms in total. The monoisotopic (exact) mass is 522 g/mol. The third-order valence-electron chi connectivity index (χ3n) is 4.79. The Hall–Kier alpha value is -2.23. The van der Waals surface area contributed by atoms with Gasteiger partial charge in [0.05, 0.1) is 11.6 Å². The predicted octanol–water partition coefficient (Wildman–Crippen LogP) is 4.46. The third-order valence-corrected chi connectivity index (χ3v) is 4.79. The first kappa shape index (κ1) is 18.6. The summed E-state index contributed by atoms with van der Waals surface area (Å²) in [6.07, 6.45) is 3.87. The maximum atomic E-state index is 4.66. The molecular formula is C21H21IrN4-. The Kier molecular flexibility index (Phi) is 4.87. The Morgan fingerprint density at radius 1 is 1.04 bits per heavy atom. The van der Waals surface area contributed by atoms with Crippen LogP contribution in [0.4, 0.5) is 0 Å². The van der Waals surface area contributed by atoms with E-state index in [1.54, 1.807) is 0 Å². The van der Waals surface area contributed by atoms with Crippen LogP contribution in [0.15, 0.2) is 36.7 Å². The molecule has 0 amide bonds. The fraction of sp³-hybridized carbons (Fsp3) is 0.238. The topological polar surface area (TPSA) is 35.6 Å². The Morgan fingerprint density at radius 2 is 1.73 bits per heavy atom. The number of aromatic nitrogens is 4. The second-order valence-electron chi connectivity index (χ2n) is 6.67. The molecule has 2 heterocycles. The average Bonchev–Trinajstić information content (AvgIpc) is 3.12. The molecule has 0 atom stereocenters. The SMILES string of the molecule is Cc1cc(C)c(-n2ccnc2-c2[c-]ccc3nc(C)n(C)c23)c(C)c1.[Ir]. The maximum absolute atomic E-state index is 4.66. The van der Waals surface area contributed by atoms with Crippen molar-refractivity contribution in [1.29, 1.82) is 0 Å². The summed E-state index contributed by atoms with van der Waals surface area (Å²) in [4.78, 5) is 9.30. The number of nitrogens with zero attached hydrogens (tertiary/aromatic N) is 4. The molecule has 0 unspecified atom stereocenters. The summed E-state index contributed by atoms with van der Waals surface area (Å²) in [5.74, 6) is 1.88. The van der Waals surface area contributed by atoms with Crippen molar-refractivity contribution in [2.24, 2.45) is 7.05 Å². The van der Waals surface area contributed by atoms with Crippen LogP contribution in [0.2, 0.25) is 0 Å². The summed E-state index contributed by atoms with van der Waals surface area (Å²) in [7, 11) is 2.04. The molecule has 2 aromatic carbocycles. The zero-order chi connectivity index (χ0) is 17.7. The minimum absolute atomic E-state index is 0. The standard InChI is InChI=1S/C21H21N4.Ir/c1-13-11-14(2)19(15(3)12-13)25-10-9-22-21(25)17-7-6-8-18-20(17)24(5)16(4)23-18;/h6,8-12H,1-5H3;/q-1;. The zero-order valence-corrected chi connectivity index (χ0v) is 18.0. The Labute approximate surface area is 167 Å². The van der Waals surface area contributed by atoms with Crippen molar-refractivity contribution in [3.8, 4) is 17.1 Å². The first-order valence-electron chi connectivity index (χ1n) is 8.43. The fourth-order valence-electron chi connectivity index (χ4n) is 3.71. The first-order chi connectivity index (χ1) is 12.0. The van der Waals surface area contributed by atoms with Crippen LogP contribution in [-0.2, 0) is 27.2 Å². The molecule has 0 bridgehead atoms. The van der Waals surface area contributed by atoms with Crippen molar-refractivity contribution in [3.63, 3.8) is 0 Å². The van der Waals surface area contributed by atoms with Gasteiger partial charge in [0.25, 0.3) is 0 Å². The Bertz CT molecular complexity index is 1080. The van der Waals surface area contributed by atoms with Crippen molar-refractivity contribution in [1.82, 2.24) is 19.1 Å². The van der Waals surface area contributed by atoms with Gasteiger partial charge in [-0.25, -0.2) is 0 Å². The van der Waals surface area contributed by atoms with Gasteiger partial charge in [0.2, 0.25) is 0 Å². The molecule has 135 valence electrons. The van der Waals surface area contributed by atoms with Crippen LogP contribution in [0.5, 0.6) is 0 Å². The van der Waals surface area contributed by atoms with Crippen molar-refractivity contribution in [3.05, 3.63) is 65.2 Å². The molecule has 0 fully saturated rings. The quantitative estimate of drug-likeness (QED) is 0.365. The summed E-state index contributed by atoms with van der Waals surface area (Å²) in [6, 6.07) is 11.7.